The third-order valence-electron chi connectivity index (χ3n) is 2.57. The summed E-state index contributed by atoms with van der Waals surface area (Å²) in [5.74, 6) is -0.864. The Hall–Kier alpha value is -1.75. The van der Waals surface area contributed by atoms with E-state index < -0.39 is 5.97 Å². The van der Waals surface area contributed by atoms with Gasteiger partial charge in [0.2, 0.25) is 0 Å². The zero-order chi connectivity index (χ0) is 14.3. The smallest absolute Gasteiger partial charge is 0.315 e. The lowest BCUT2D eigenvalue weighted by molar-refractivity contribution is -0.137. The second-order valence-corrected chi connectivity index (χ2v) is 4.61. The summed E-state index contributed by atoms with van der Waals surface area (Å²) >= 11 is 5.78. The molecular weight excluding hydrogens is 268 g/mol. The monoisotopic (exact) mass is 284 g/mol. The fraction of sp³-hybridized carbons (Fsp3) is 0.385. The number of carbonyl (C=O) groups excluding carboxylic acids is 1. The number of hydrogen-bond donors (Lipinski definition) is 3. The minimum atomic E-state index is -0.864. The lowest BCUT2D eigenvalue weighted by atomic mass is 10.1. The molecule has 0 aromatic heterocycles. The largest absolute Gasteiger partial charge is 0.481 e. The van der Waals surface area contributed by atoms with Crippen LogP contribution in [0.5, 0.6) is 0 Å². The number of carboxylic acid groups (broad SMARTS) is 1. The molecule has 0 saturated carbocycles. The van der Waals surface area contributed by atoms with Crippen molar-refractivity contribution in [1.82, 2.24) is 10.6 Å². The zero-order valence-corrected chi connectivity index (χ0v) is 11.4. The van der Waals surface area contributed by atoms with Crippen molar-refractivity contribution < 1.29 is 14.7 Å². The lowest BCUT2D eigenvalue weighted by Gasteiger charge is -2.15. The van der Waals surface area contributed by atoms with Crippen LogP contribution in [0.2, 0.25) is 5.02 Å². The molecule has 0 fully saturated rings. The van der Waals surface area contributed by atoms with Gasteiger partial charge in [-0.3, -0.25) is 4.79 Å². The second kappa shape index (κ2) is 7.63. The molecule has 0 aliphatic rings. The van der Waals surface area contributed by atoms with E-state index in [0.29, 0.717) is 18.0 Å². The van der Waals surface area contributed by atoms with Gasteiger partial charge in [-0.2, -0.15) is 0 Å². The number of carboxylic acids is 1. The van der Waals surface area contributed by atoms with Crippen molar-refractivity contribution >= 4 is 23.6 Å². The molecule has 1 aromatic carbocycles. The van der Waals surface area contributed by atoms with E-state index in [1.54, 1.807) is 12.1 Å². The van der Waals surface area contributed by atoms with Crippen LogP contribution in [0, 0.1) is 0 Å². The lowest BCUT2D eigenvalue weighted by Crippen LogP contribution is -2.37. The van der Waals surface area contributed by atoms with E-state index in [0.717, 1.165) is 5.56 Å². The summed E-state index contributed by atoms with van der Waals surface area (Å²) in [6, 6.07) is 6.76. The number of benzene rings is 1. The van der Waals surface area contributed by atoms with Crippen LogP contribution >= 0.6 is 11.6 Å². The van der Waals surface area contributed by atoms with Crippen molar-refractivity contribution in [2.75, 3.05) is 6.54 Å². The van der Waals surface area contributed by atoms with E-state index in [4.69, 9.17) is 16.7 Å². The van der Waals surface area contributed by atoms with E-state index in [9.17, 15) is 9.59 Å². The molecule has 6 heteroatoms. The zero-order valence-electron chi connectivity index (χ0n) is 10.6. The molecule has 1 aromatic rings. The predicted molar refractivity (Wildman–Crippen MR) is 73.3 cm³/mol. The highest BCUT2D eigenvalue weighted by Crippen LogP contribution is 2.15. The Morgan fingerprint density at radius 1 is 1.32 bits per heavy atom. The highest BCUT2D eigenvalue weighted by molar-refractivity contribution is 6.30. The van der Waals surface area contributed by atoms with Gasteiger partial charge in [0.25, 0.3) is 0 Å². The quantitative estimate of drug-likeness (QED) is 0.703. The Balaban J connectivity index is 2.31. The normalized spacial score (nSPS) is 11.7. The van der Waals surface area contributed by atoms with Crippen LogP contribution in [-0.4, -0.2) is 23.7 Å². The number of nitrogens with one attached hydrogen (secondary N) is 2. The van der Waals surface area contributed by atoms with Crippen molar-refractivity contribution in [1.29, 1.82) is 0 Å². The van der Waals surface area contributed by atoms with Gasteiger partial charge in [-0.15, -0.1) is 0 Å². The number of carbonyl (C=O) groups is 2. The first-order valence-electron chi connectivity index (χ1n) is 6.00. The van der Waals surface area contributed by atoms with Gasteiger partial charge >= 0.3 is 12.0 Å². The molecule has 0 spiro atoms. The Morgan fingerprint density at radius 2 is 1.95 bits per heavy atom. The van der Waals surface area contributed by atoms with Crippen molar-refractivity contribution in [3.8, 4) is 0 Å². The van der Waals surface area contributed by atoms with Crippen molar-refractivity contribution in [3.63, 3.8) is 0 Å². The van der Waals surface area contributed by atoms with Gasteiger partial charge in [-0.05, 0) is 31.0 Å². The summed E-state index contributed by atoms with van der Waals surface area (Å²) in [7, 11) is 0. The third kappa shape index (κ3) is 6.10. The van der Waals surface area contributed by atoms with E-state index in [-0.39, 0.29) is 18.5 Å². The van der Waals surface area contributed by atoms with Gasteiger partial charge < -0.3 is 15.7 Å². The van der Waals surface area contributed by atoms with Gasteiger partial charge in [0, 0.05) is 18.0 Å². The average molecular weight is 285 g/mol. The first-order chi connectivity index (χ1) is 8.99. The van der Waals surface area contributed by atoms with Crippen LogP contribution in [-0.2, 0) is 4.79 Å². The Morgan fingerprint density at radius 3 is 2.53 bits per heavy atom. The summed E-state index contributed by atoms with van der Waals surface area (Å²) in [5, 5.41) is 14.5. The summed E-state index contributed by atoms with van der Waals surface area (Å²) in [6.45, 7) is 2.20. The number of urea groups is 1. The Labute approximate surface area is 117 Å². The van der Waals surface area contributed by atoms with Gasteiger partial charge in [0.15, 0.2) is 0 Å². The fourth-order valence-electron chi connectivity index (χ4n) is 1.52. The third-order valence-corrected chi connectivity index (χ3v) is 2.82. The fourth-order valence-corrected chi connectivity index (χ4v) is 1.65. The number of halogens is 1. The molecule has 5 nitrogen and oxygen atoms in total. The molecule has 1 atom stereocenters. The topological polar surface area (TPSA) is 78.4 Å². The molecule has 19 heavy (non-hydrogen) atoms. The molecular formula is C13H17ClN2O3. The molecule has 0 saturated heterocycles. The molecule has 0 unspecified atom stereocenters. The van der Waals surface area contributed by atoms with Crippen LogP contribution in [0.1, 0.15) is 31.4 Å². The molecule has 0 heterocycles. The number of rotatable bonds is 6. The minimum absolute atomic E-state index is 0.0486. The SMILES string of the molecule is C[C@H](NC(=O)NCCCC(=O)O)c1ccc(Cl)cc1. The van der Waals surface area contributed by atoms with Crippen LogP contribution in [0.3, 0.4) is 0 Å². The summed E-state index contributed by atoms with van der Waals surface area (Å²) in [6.07, 6.45) is 0.463. The molecule has 0 aliphatic carbocycles. The van der Waals surface area contributed by atoms with E-state index in [2.05, 4.69) is 10.6 Å². The molecule has 3 N–H and O–H groups in total. The summed E-state index contributed by atoms with van der Waals surface area (Å²) < 4.78 is 0. The first-order valence-corrected chi connectivity index (χ1v) is 6.38. The second-order valence-electron chi connectivity index (χ2n) is 4.17. The maximum Gasteiger partial charge on any atom is 0.315 e. The molecule has 104 valence electrons. The number of hydrogen-bond acceptors (Lipinski definition) is 2. The molecule has 2 amide bonds. The molecule has 0 radical (unpaired) electrons. The van der Waals surface area contributed by atoms with Crippen molar-refractivity contribution in [2.24, 2.45) is 0 Å². The van der Waals surface area contributed by atoms with Gasteiger partial charge in [0.1, 0.15) is 0 Å². The van der Waals surface area contributed by atoms with Gasteiger partial charge in [0.05, 0.1) is 6.04 Å². The summed E-state index contributed by atoms with van der Waals surface area (Å²) in [4.78, 5) is 21.8. The summed E-state index contributed by atoms with van der Waals surface area (Å²) in [5.41, 5.74) is 0.949. The maximum atomic E-state index is 11.5. The highest BCUT2D eigenvalue weighted by Gasteiger charge is 2.08. The van der Waals surface area contributed by atoms with Crippen molar-refractivity contribution in [3.05, 3.63) is 34.9 Å². The van der Waals surface area contributed by atoms with Gasteiger partial charge in [-0.25, -0.2) is 4.79 Å². The molecule has 0 aliphatic heterocycles. The predicted octanol–water partition coefficient (Wildman–Crippen LogP) is 2.57. The van der Waals surface area contributed by atoms with E-state index >= 15 is 0 Å². The van der Waals surface area contributed by atoms with E-state index in [1.807, 2.05) is 19.1 Å². The number of amides is 2. The highest BCUT2D eigenvalue weighted by atomic mass is 35.5. The minimum Gasteiger partial charge on any atom is -0.481 e. The molecule has 0 bridgehead atoms. The number of aliphatic carboxylic acids is 1. The van der Waals surface area contributed by atoms with Crippen LogP contribution < -0.4 is 10.6 Å². The van der Waals surface area contributed by atoms with Gasteiger partial charge in [-0.1, -0.05) is 23.7 Å². The van der Waals surface area contributed by atoms with E-state index in [1.165, 1.54) is 0 Å². The van der Waals surface area contributed by atoms with Crippen molar-refractivity contribution in [2.45, 2.75) is 25.8 Å². The maximum absolute atomic E-state index is 11.5. The Kier molecular flexibility index (Phi) is 6.15. The standard InChI is InChI=1S/C13H17ClN2O3/c1-9(10-4-6-11(14)7-5-10)16-13(19)15-8-2-3-12(17)18/h4-7,9H,2-3,8H2,1H3,(H,17,18)(H2,15,16,19)/t9-/m0/s1. The average Bonchev–Trinajstić information content (AvgIpc) is 2.35. The first kappa shape index (κ1) is 15.3. The van der Waals surface area contributed by atoms with Crippen LogP contribution in [0.15, 0.2) is 24.3 Å². The Bertz CT molecular complexity index is 434. The molecule has 1 rings (SSSR count). The van der Waals surface area contributed by atoms with Crippen LogP contribution in [0.4, 0.5) is 4.79 Å². The van der Waals surface area contributed by atoms with Crippen LogP contribution in [0.25, 0.3) is 0 Å².